The van der Waals surface area contributed by atoms with Gasteiger partial charge in [-0.3, -0.25) is 9.78 Å². The van der Waals surface area contributed by atoms with E-state index in [1.807, 2.05) is 6.92 Å². The molecule has 2 rings (SSSR count). The SMILES string of the molecule is Cc1ncccc1NC(=O)NCC1CCCC1C(=O)O. The maximum atomic E-state index is 11.8. The van der Waals surface area contributed by atoms with E-state index in [4.69, 9.17) is 5.11 Å². The van der Waals surface area contributed by atoms with Gasteiger partial charge in [-0.2, -0.15) is 0 Å². The fourth-order valence-electron chi connectivity index (χ4n) is 2.61. The van der Waals surface area contributed by atoms with Crippen LogP contribution in [0.1, 0.15) is 25.0 Å². The number of aromatic nitrogens is 1. The Kier molecular flexibility index (Phi) is 4.55. The molecule has 1 aliphatic rings. The monoisotopic (exact) mass is 277 g/mol. The van der Waals surface area contributed by atoms with Crippen molar-refractivity contribution in [1.29, 1.82) is 0 Å². The standard InChI is InChI=1S/C14H19N3O3/c1-9-12(6-3-7-15-9)17-14(20)16-8-10-4-2-5-11(10)13(18)19/h3,6-7,10-11H,2,4-5,8H2,1H3,(H,18,19)(H2,16,17,20). The highest BCUT2D eigenvalue weighted by Gasteiger charge is 2.32. The van der Waals surface area contributed by atoms with Crippen molar-refractivity contribution in [1.82, 2.24) is 10.3 Å². The number of rotatable bonds is 4. The average molecular weight is 277 g/mol. The van der Waals surface area contributed by atoms with Crippen molar-refractivity contribution < 1.29 is 14.7 Å². The van der Waals surface area contributed by atoms with Crippen molar-refractivity contribution in [3.8, 4) is 0 Å². The predicted octanol–water partition coefficient (Wildman–Crippen LogP) is 2.01. The summed E-state index contributed by atoms with van der Waals surface area (Å²) in [6, 6.07) is 3.20. The van der Waals surface area contributed by atoms with Gasteiger partial charge in [0, 0.05) is 12.7 Å². The highest BCUT2D eigenvalue weighted by molar-refractivity contribution is 5.89. The number of carboxylic acids is 1. The summed E-state index contributed by atoms with van der Waals surface area (Å²) in [5, 5.41) is 14.5. The van der Waals surface area contributed by atoms with E-state index in [2.05, 4.69) is 15.6 Å². The Bertz CT molecular complexity index is 504. The Hall–Kier alpha value is -2.11. The molecule has 1 saturated carbocycles. The third-order valence-electron chi connectivity index (χ3n) is 3.76. The lowest BCUT2D eigenvalue weighted by Gasteiger charge is -2.16. The number of nitrogens with one attached hydrogen (secondary N) is 2. The molecule has 108 valence electrons. The molecular weight excluding hydrogens is 258 g/mol. The van der Waals surface area contributed by atoms with E-state index in [9.17, 15) is 9.59 Å². The molecule has 1 aromatic rings. The van der Waals surface area contributed by atoms with Gasteiger partial charge in [0.2, 0.25) is 0 Å². The van der Waals surface area contributed by atoms with Crippen LogP contribution in [-0.4, -0.2) is 28.6 Å². The molecule has 0 aliphatic heterocycles. The molecular formula is C14H19N3O3. The van der Waals surface area contributed by atoms with Crippen molar-refractivity contribution in [3.05, 3.63) is 24.0 Å². The molecule has 3 N–H and O–H groups in total. The Morgan fingerprint density at radius 1 is 1.45 bits per heavy atom. The zero-order valence-corrected chi connectivity index (χ0v) is 11.4. The van der Waals surface area contributed by atoms with Crippen molar-refractivity contribution >= 4 is 17.7 Å². The van der Waals surface area contributed by atoms with Crippen LogP contribution in [0.5, 0.6) is 0 Å². The number of aliphatic carboxylic acids is 1. The third-order valence-corrected chi connectivity index (χ3v) is 3.76. The molecule has 0 saturated heterocycles. The van der Waals surface area contributed by atoms with Crippen molar-refractivity contribution in [3.63, 3.8) is 0 Å². The molecule has 0 bridgehead atoms. The van der Waals surface area contributed by atoms with Crippen LogP contribution in [0.15, 0.2) is 18.3 Å². The Balaban J connectivity index is 1.84. The smallest absolute Gasteiger partial charge is 0.319 e. The van der Waals surface area contributed by atoms with Gasteiger partial charge >= 0.3 is 12.0 Å². The normalized spacial score (nSPS) is 21.4. The van der Waals surface area contributed by atoms with Crippen molar-refractivity contribution in [2.24, 2.45) is 11.8 Å². The summed E-state index contributed by atoms with van der Waals surface area (Å²) in [4.78, 5) is 26.9. The number of carbonyl (C=O) groups excluding carboxylic acids is 1. The van der Waals surface area contributed by atoms with E-state index < -0.39 is 5.97 Å². The number of nitrogens with zero attached hydrogens (tertiary/aromatic N) is 1. The molecule has 2 atom stereocenters. The van der Waals surface area contributed by atoms with Crippen LogP contribution in [0, 0.1) is 18.8 Å². The van der Waals surface area contributed by atoms with E-state index in [0.717, 1.165) is 18.5 Å². The lowest BCUT2D eigenvalue weighted by atomic mass is 9.96. The zero-order valence-electron chi connectivity index (χ0n) is 11.4. The quantitative estimate of drug-likeness (QED) is 0.785. The Morgan fingerprint density at radius 2 is 2.25 bits per heavy atom. The van der Waals surface area contributed by atoms with Crippen molar-refractivity contribution in [2.75, 3.05) is 11.9 Å². The molecule has 6 nitrogen and oxygen atoms in total. The molecule has 0 aromatic carbocycles. The first-order chi connectivity index (χ1) is 9.58. The van der Waals surface area contributed by atoms with Gasteiger partial charge in [0.25, 0.3) is 0 Å². The van der Waals surface area contributed by atoms with Gasteiger partial charge in [0.15, 0.2) is 0 Å². The van der Waals surface area contributed by atoms with E-state index in [0.29, 0.717) is 18.7 Å². The predicted molar refractivity (Wildman–Crippen MR) is 74.5 cm³/mol. The number of aryl methyl sites for hydroxylation is 1. The summed E-state index contributed by atoms with van der Waals surface area (Å²) in [7, 11) is 0. The van der Waals surface area contributed by atoms with Gasteiger partial charge in [-0.1, -0.05) is 6.42 Å². The minimum absolute atomic E-state index is 0.0215. The van der Waals surface area contributed by atoms with E-state index >= 15 is 0 Å². The minimum atomic E-state index is -0.766. The van der Waals surface area contributed by atoms with Gasteiger partial charge in [-0.05, 0) is 37.8 Å². The van der Waals surface area contributed by atoms with Gasteiger partial charge in [0.05, 0.1) is 17.3 Å². The molecule has 1 heterocycles. The van der Waals surface area contributed by atoms with Gasteiger partial charge in [-0.15, -0.1) is 0 Å². The summed E-state index contributed by atoms with van der Waals surface area (Å²) in [5.74, 6) is -1.08. The second kappa shape index (κ2) is 6.36. The van der Waals surface area contributed by atoms with E-state index in [1.54, 1.807) is 18.3 Å². The minimum Gasteiger partial charge on any atom is -0.481 e. The second-order valence-electron chi connectivity index (χ2n) is 5.11. The molecule has 1 aliphatic carbocycles. The van der Waals surface area contributed by atoms with Crippen LogP contribution < -0.4 is 10.6 Å². The maximum absolute atomic E-state index is 11.8. The average Bonchev–Trinajstić information content (AvgIpc) is 2.88. The highest BCUT2D eigenvalue weighted by Crippen LogP contribution is 2.31. The summed E-state index contributed by atoms with van der Waals surface area (Å²) in [6.07, 6.45) is 4.12. The van der Waals surface area contributed by atoms with E-state index in [-0.39, 0.29) is 17.9 Å². The summed E-state index contributed by atoms with van der Waals surface area (Å²) < 4.78 is 0. The largest absolute Gasteiger partial charge is 0.481 e. The zero-order chi connectivity index (χ0) is 14.5. The van der Waals surface area contributed by atoms with Crippen LogP contribution in [0.2, 0.25) is 0 Å². The van der Waals surface area contributed by atoms with Crippen LogP contribution in [0.4, 0.5) is 10.5 Å². The number of pyridine rings is 1. The van der Waals surface area contributed by atoms with Crippen LogP contribution >= 0.6 is 0 Å². The molecule has 1 fully saturated rings. The topological polar surface area (TPSA) is 91.3 Å². The lowest BCUT2D eigenvalue weighted by Crippen LogP contribution is -2.35. The number of anilines is 1. The van der Waals surface area contributed by atoms with Crippen molar-refractivity contribution in [2.45, 2.75) is 26.2 Å². The molecule has 2 amide bonds. The summed E-state index contributed by atoms with van der Waals surface area (Å²) in [6.45, 7) is 2.20. The van der Waals surface area contributed by atoms with Crippen LogP contribution in [-0.2, 0) is 4.79 Å². The van der Waals surface area contributed by atoms with E-state index in [1.165, 1.54) is 0 Å². The Labute approximate surface area is 117 Å². The first-order valence-corrected chi connectivity index (χ1v) is 6.77. The molecule has 6 heteroatoms. The molecule has 0 radical (unpaired) electrons. The molecule has 1 aromatic heterocycles. The highest BCUT2D eigenvalue weighted by atomic mass is 16.4. The maximum Gasteiger partial charge on any atom is 0.319 e. The van der Waals surface area contributed by atoms with Gasteiger partial charge in [0.1, 0.15) is 0 Å². The first kappa shape index (κ1) is 14.3. The second-order valence-corrected chi connectivity index (χ2v) is 5.11. The first-order valence-electron chi connectivity index (χ1n) is 6.77. The van der Waals surface area contributed by atoms with Crippen LogP contribution in [0.3, 0.4) is 0 Å². The summed E-state index contributed by atoms with van der Waals surface area (Å²) >= 11 is 0. The number of amides is 2. The molecule has 2 unspecified atom stereocenters. The third kappa shape index (κ3) is 3.46. The number of carboxylic acid groups (broad SMARTS) is 1. The number of hydrogen-bond acceptors (Lipinski definition) is 3. The number of urea groups is 1. The lowest BCUT2D eigenvalue weighted by molar-refractivity contribution is -0.142. The van der Waals surface area contributed by atoms with Crippen LogP contribution in [0.25, 0.3) is 0 Å². The number of hydrogen-bond donors (Lipinski definition) is 3. The molecule has 0 spiro atoms. The van der Waals surface area contributed by atoms with Gasteiger partial charge < -0.3 is 15.7 Å². The van der Waals surface area contributed by atoms with Gasteiger partial charge in [-0.25, -0.2) is 4.79 Å². The summed E-state index contributed by atoms with van der Waals surface area (Å²) in [5.41, 5.74) is 1.40. The fraction of sp³-hybridized carbons (Fsp3) is 0.500. The fourth-order valence-corrected chi connectivity index (χ4v) is 2.61. The Morgan fingerprint density at radius 3 is 2.95 bits per heavy atom. The molecule has 20 heavy (non-hydrogen) atoms. The number of carbonyl (C=O) groups is 2.